The maximum atomic E-state index is 9.32. The quantitative estimate of drug-likeness (QED) is 0.785. The molecule has 0 bridgehead atoms. The number of aromatic nitrogens is 3. The lowest BCUT2D eigenvalue weighted by atomic mass is 10.2. The molecule has 0 aliphatic rings. The van der Waals surface area contributed by atoms with E-state index in [1.165, 1.54) is 0 Å². The van der Waals surface area contributed by atoms with Crippen LogP contribution in [0.15, 0.2) is 30.5 Å². The van der Waals surface area contributed by atoms with Crippen LogP contribution in [0.4, 0.5) is 0 Å². The molecule has 0 spiro atoms. The molecule has 2 rings (SSSR count). The summed E-state index contributed by atoms with van der Waals surface area (Å²) in [6.07, 6.45) is 2.61. The molecule has 84 valence electrons. The third-order valence-electron chi connectivity index (χ3n) is 2.24. The van der Waals surface area contributed by atoms with Crippen LogP contribution in [0.2, 0.25) is 0 Å². The molecule has 0 saturated carbocycles. The number of aromatic hydroxyl groups is 1. The number of nitrogens with zero attached hydrogens (tertiary/aromatic N) is 3. The first-order chi connectivity index (χ1) is 7.78. The molecule has 5 heteroatoms. The number of benzene rings is 1. The van der Waals surface area contributed by atoms with Crippen molar-refractivity contribution in [2.24, 2.45) is 5.73 Å². The van der Waals surface area contributed by atoms with Crippen molar-refractivity contribution in [2.75, 3.05) is 6.54 Å². The summed E-state index contributed by atoms with van der Waals surface area (Å²) in [4.78, 5) is 0. The molecule has 0 radical (unpaired) electrons. The van der Waals surface area contributed by atoms with Crippen molar-refractivity contribution < 1.29 is 5.11 Å². The Labute approximate surface area is 93.5 Å². The molecule has 0 aliphatic carbocycles. The second kappa shape index (κ2) is 4.76. The van der Waals surface area contributed by atoms with Crippen molar-refractivity contribution in [3.63, 3.8) is 0 Å². The van der Waals surface area contributed by atoms with Gasteiger partial charge in [-0.1, -0.05) is 17.3 Å². The zero-order valence-electron chi connectivity index (χ0n) is 8.87. The van der Waals surface area contributed by atoms with E-state index >= 15 is 0 Å². The van der Waals surface area contributed by atoms with E-state index in [0.29, 0.717) is 13.1 Å². The number of hydrogen-bond acceptors (Lipinski definition) is 4. The first-order valence-electron chi connectivity index (χ1n) is 5.15. The third kappa shape index (κ3) is 2.58. The molecule has 1 heterocycles. The molecule has 5 nitrogen and oxygen atoms in total. The molecule has 2 aromatic rings. The molecule has 0 fully saturated rings. The maximum Gasteiger partial charge on any atom is 0.115 e. The van der Waals surface area contributed by atoms with Crippen molar-refractivity contribution in [3.8, 4) is 5.75 Å². The van der Waals surface area contributed by atoms with E-state index in [2.05, 4.69) is 10.3 Å². The van der Waals surface area contributed by atoms with Crippen molar-refractivity contribution in [3.05, 3.63) is 41.7 Å². The largest absolute Gasteiger partial charge is 0.508 e. The number of hydrogen-bond donors (Lipinski definition) is 2. The zero-order chi connectivity index (χ0) is 11.4. The minimum Gasteiger partial charge on any atom is -0.508 e. The van der Waals surface area contributed by atoms with E-state index in [4.69, 9.17) is 5.73 Å². The van der Waals surface area contributed by atoms with E-state index in [1.807, 2.05) is 18.3 Å². The number of phenols is 1. The predicted molar refractivity (Wildman–Crippen MR) is 60.0 cm³/mol. The minimum atomic E-state index is 0.264. The van der Waals surface area contributed by atoms with Gasteiger partial charge in [0, 0.05) is 12.6 Å². The van der Waals surface area contributed by atoms with Crippen molar-refractivity contribution in [2.45, 2.75) is 13.0 Å². The lowest BCUT2D eigenvalue weighted by Crippen LogP contribution is -2.02. The molecule has 3 N–H and O–H groups in total. The highest BCUT2D eigenvalue weighted by Gasteiger charge is 2.01. The molecule has 0 saturated heterocycles. The van der Waals surface area contributed by atoms with Crippen LogP contribution < -0.4 is 5.73 Å². The molecule has 0 atom stereocenters. The van der Waals surface area contributed by atoms with Gasteiger partial charge in [-0.2, -0.15) is 0 Å². The minimum absolute atomic E-state index is 0.264. The fraction of sp³-hybridized carbons (Fsp3) is 0.273. The van der Waals surface area contributed by atoms with Gasteiger partial charge in [-0.25, -0.2) is 4.68 Å². The van der Waals surface area contributed by atoms with Crippen LogP contribution in [0.5, 0.6) is 5.75 Å². The first-order valence-corrected chi connectivity index (χ1v) is 5.15. The Morgan fingerprint density at radius 3 is 3.00 bits per heavy atom. The molecule has 16 heavy (non-hydrogen) atoms. The van der Waals surface area contributed by atoms with Gasteiger partial charge in [-0.05, 0) is 24.2 Å². The van der Waals surface area contributed by atoms with Crippen molar-refractivity contribution >= 4 is 0 Å². The van der Waals surface area contributed by atoms with Crippen LogP contribution in [0.25, 0.3) is 0 Å². The molecule has 1 aromatic carbocycles. The van der Waals surface area contributed by atoms with Crippen molar-refractivity contribution in [1.29, 1.82) is 0 Å². The Hall–Kier alpha value is -1.88. The van der Waals surface area contributed by atoms with Crippen LogP contribution >= 0.6 is 0 Å². The standard InChI is InChI=1S/C11H14N4O/c12-5-4-10-8-15(14-13-10)7-9-2-1-3-11(16)6-9/h1-3,6,8,16H,4-5,7,12H2. The van der Waals surface area contributed by atoms with Gasteiger partial charge in [0.2, 0.25) is 0 Å². The van der Waals surface area contributed by atoms with E-state index in [9.17, 15) is 5.11 Å². The van der Waals surface area contributed by atoms with Gasteiger partial charge in [0.25, 0.3) is 0 Å². The zero-order valence-corrected chi connectivity index (χ0v) is 8.87. The molecule has 1 aromatic heterocycles. The summed E-state index contributed by atoms with van der Waals surface area (Å²) in [5.74, 6) is 0.264. The van der Waals surface area contributed by atoms with Crippen LogP contribution in [0, 0.1) is 0 Å². The monoisotopic (exact) mass is 218 g/mol. The van der Waals surface area contributed by atoms with Gasteiger partial charge in [-0.3, -0.25) is 0 Å². The SMILES string of the molecule is NCCc1cn(Cc2cccc(O)c2)nn1. The Kier molecular flexibility index (Phi) is 3.16. The number of rotatable bonds is 4. The van der Waals surface area contributed by atoms with Gasteiger partial charge in [0.15, 0.2) is 0 Å². The summed E-state index contributed by atoms with van der Waals surface area (Å²) in [5.41, 5.74) is 7.31. The van der Waals surface area contributed by atoms with Crippen LogP contribution in [-0.2, 0) is 13.0 Å². The molecular formula is C11H14N4O. The molecule has 0 unspecified atom stereocenters. The molecule has 0 amide bonds. The maximum absolute atomic E-state index is 9.32. The third-order valence-corrected chi connectivity index (χ3v) is 2.24. The summed E-state index contributed by atoms with van der Waals surface area (Å²) >= 11 is 0. The van der Waals surface area contributed by atoms with Gasteiger partial charge in [-0.15, -0.1) is 5.10 Å². The average molecular weight is 218 g/mol. The highest BCUT2D eigenvalue weighted by Crippen LogP contribution is 2.11. The lowest BCUT2D eigenvalue weighted by Gasteiger charge is -2.00. The summed E-state index contributed by atoms with van der Waals surface area (Å²) < 4.78 is 1.74. The lowest BCUT2D eigenvalue weighted by molar-refractivity contribution is 0.474. The van der Waals surface area contributed by atoms with Gasteiger partial charge < -0.3 is 10.8 Å². The summed E-state index contributed by atoms with van der Waals surface area (Å²) in [6, 6.07) is 7.10. The van der Waals surface area contributed by atoms with Gasteiger partial charge >= 0.3 is 0 Å². The number of phenolic OH excluding ortho intramolecular Hbond substituents is 1. The Morgan fingerprint density at radius 2 is 2.25 bits per heavy atom. The fourth-order valence-corrected chi connectivity index (χ4v) is 1.52. The smallest absolute Gasteiger partial charge is 0.115 e. The summed E-state index contributed by atoms with van der Waals surface area (Å²) in [6.45, 7) is 1.18. The van der Waals surface area contributed by atoms with E-state index in [1.54, 1.807) is 16.8 Å². The Balaban J connectivity index is 2.08. The van der Waals surface area contributed by atoms with Crippen LogP contribution in [0.3, 0.4) is 0 Å². The molecule has 0 aliphatic heterocycles. The second-order valence-electron chi connectivity index (χ2n) is 3.62. The predicted octanol–water partition coefficient (Wildman–Crippen LogP) is 0.533. The van der Waals surface area contributed by atoms with Gasteiger partial charge in [0.1, 0.15) is 5.75 Å². The summed E-state index contributed by atoms with van der Waals surface area (Å²) in [5, 5.41) is 17.3. The normalized spacial score (nSPS) is 10.6. The van der Waals surface area contributed by atoms with E-state index in [0.717, 1.165) is 17.7 Å². The van der Waals surface area contributed by atoms with Crippen LogP contribution in [-0.4, -0.2) is 26.6 Å². The average Bonchev–Trinajstić information content (AvgIpc) is 2.66. The Morgan fingerprint density at radius 1 is 1.38 bits per heavy atom. The molecular weight excluding hydrogens is 204 g/mol. The van der Waals surface area contributed by atoms with E-state index in [-0.39, 0.29) is 5.75 Å². The van der Waals surface area contributed by atoms with Gasteiger partial charge in [0.05, 0.1) is 12.2 Å². The fourth-order valence-electron chi connectivity index (χ4n) is 1.52. The highest BCUT2D eigenvalue weighted by molar-refractivity contribution is 5.27. The van der Waals surface area contributed by atoms with Crippen LogP contribution in [0.1, 0.15) is 11.3 Å². The number of nitrogens with two attached hydrogens (primary N) is 1. The highest BCUT2D eigenvalue weighted by atomic mass is 16.3. The second-order valence-corrected chi connectivity index (χ2v) is 3.62. The van der Waals surface area contributed by atoms with Crippen molar-refractivity contribution in [1.82, 2.24) is 15.0 Å². The summed E-state index contributed by atoms with van der Waals surface area (Å²) in [7, 11) is 0. The Bertz CT molecular complexity index is 467. The topological polar surface area (TPSA) is 77.0 Å². The van der Waals surface area contributed by atoms with E-state index < -0.39 is 0 Å². The first kappa shape index (κ1) is 10.6.